The van der Waals surface area contributed by atoms with Crippen molar-refractivity contribution in [1.82, 2.24) is 20.4 Å². The predicted octanol–water partition coefficient (Wildman–Crippen LogP) is 1.95. The number of rotatable bonds is 7. The van der Waals surface area contributed by atoms with Crippen molar-refractivity contribution in [3.8, 4) is 0 Å². The summed E-state index contributed by atoms with van der Waals surface area (Å²) in [5, 5.41) is 10.8. The summed E-state index contributed by atoms with van der Waals surface area (Å²) in [6, 6.07) is 16.4. The van der Waals surface area contributed by atoms with Gasteiger partial charge in [0.1, 0.15) is 0 Å². The third-order valence-electron chi connectivity index (χ3n) is 4.49. The molecule has 29 heavy (non-hydrogen) atoms. The van der Waals surface area contributed by atoms with Gasteiger partial charge in [-0.25, -0.2) is 4.68 Å². The molecule has 7 heteroatoms. The van der Waals surface area contributed by atoms with E-state index < -0.39 is 0 Å². The van der Waals surface area contributed by atoms with Gasteiger partial charge in [-0.15, -0.1) is 0 Å². The Bertz CT molecular complexity index is 1070. The molecule has 0 bridgehead atoms. The minimum atomic E-state index is -0.387. The molecule has 0 unspecified atom stereocenters. The molecular weight excluding hydrogens is 368 g/mol. The molecule has 0 atom stereocenters. The zero-order chi connectivity index (χ0) is 20.8. The number of carbonyl (C=O) groups is 2. The van der Waals surface area contributed by atoms with E-state index in [-0.39, 0.29) is 42.1 Å². The first-order valence-corrected chi connectivity index (χ1v) is 9.57. The van der Waals surface area contributed by atoms with E-state index in [0.717, 1.165) is 5.56 Å². The van der Waals surface area contributed by atoms with Gasteiger partial charge in [-0.1, -0.05) is 62.4 Å². The summed E-state index contributed by atoms with van der Waals surface area (Å²) in [4.78, 5) is 37.2. The lowest BCUT2D eigenvalue weighted by Gasteiger charge is -2.12. The Morgan fingerprint density at radius 2 is 1.55 bits per heavy atom. The van der Waals surface area contributed by atoms with Crippen molar-refractivity contribution >= 4 is 22.6 Å². The molecule has 3 aromatic rings. The van der Waals surface area contributed by atoms with Gasteiger partial charge in [-0.3, -0.25) is 14.4 Å². The Hall–Kier alpha value is -3.48. The van der Waals surface area contributed by atoms with Crippen LogP contribution >= 0.6 is 0 Å². The van der Waals surface area contributed by atoms with Crippen molar-refractivity contribution in [3.05, 3.63) is 76.2 Å². The number of aromatic nitrogens is 2. The van der Waals surface area contributed by atoms with E-state index >= 15 is 0 Å². The zero-order valence-electron chi connectivity index (χ0n) is 16.5. The van der Waals surface area contributed by atoms with Crippen LogP contribution in [0.25, 0.3) is 10.8 Å². The molecule has 0 aliphatic rings. The van der Waals surface area contributed by atoms with Crippen LogP contribution in [0, 0.1) is 5.92 Å². The van der Waals surface area contributed by atoms with Gasteiger partial charge in [-0.05, 0) is 11.6 Å². The number of nitrogens with one attached hydrogen (secondary N) is 2. The molecule has 0 radical (unpaired) electrons. The highest BCUT2D eigenvalue weighted by Gasteiger charge is 2.16. The molecule has 150 valence electrons. The maximum absolute atomic E-state index is 12.8. The largest absolute Gasteiger partial charge is 0.354 e. The fraction of sp³-hybridized carbons (Fsp3) is 0.273. The number of amides is 2. The molecule has 1 heterocycles. The smallest absolute Gasteiger partial charge is 0.274 e. The van der Waals surface area contributed by atoms with Gasteiger partial charge in [0.15, 0.2) is 5.69 Å². The van der Waals surface area contributed by atoms with Gasteiger partial charge < -0.3 is 10.6 Å². The van der Waals surface area contributed by atoms with E-state index in [1.165, 1.54) is 4.68 Å². The normalized spacial score (nSPS) is 10.9. The van der Waals surface area contributed by atoms with E-state index in [2.05, 4.69) is 15.7 Å². The summed E-state index contributed by atoms with van der Waals surface area (Å²) < 4.78 is 1.31. The Morgan fingerprint density at radius 3 is 2.24 bits per heavy atom. The number of nitrogens with zero attached hydrogens (tertiary/aromatic N) is 2. The van der Waals surface area contributed by atoms with Gasteiger partial charge in [0.05, 0.1) is 11.9 Å². The summed E-state index contributed by atoms with van der Waals surface area (Å²) in [7, 11) is 0. The molecule has 2 N–H and O–H groups in total. The summed E-state index contributed by atoms with van der Waals surface area (Å²) in [6.07, 6.45) is 0. The quantitative estimate of drug-likeness (QED) is 0.601. The molecule has 3 rings (SSSR count). The molecule has 0 spiro atoms. The summed E-state index contributed by atoms with van der Waals surface area (Å²) in [5.41, 5.74) is 0.858. The fourth-order valence-electron chi connectivity index (χ4n) is 2.92. The van der Waals surface area contributed by atoms with Crippen LogP contribution in [0.15, 0.2) is 59.4 Å². The lowest BCUT2D eigenvalue weighted by atomic mass is 10.1. The number of benzene rings is 2. The highest BCUT2D eigenvalue weighted by Crippen LogP contribution is 2.13. The molecule has 0 saturated heterocycles. The van der Waals surface area contributed by atoms with Gasteiger partial charge >= 0.3 is 0 Å². The van der Waals surface area contributed by atoms with Gasteiger partial charge in [0, 0.05) is 24.4 Å². The van der Waals surface area contributed by atoms with Crippen LogP contribution in [-0.2, 0) is 11.3 Å². The minimum Gasteiger partial charge on any atom is -0.354 e. The van der Waals surface area contributed by atoms with Gasteiger partial charge in [-0.2, -0.15) is 5.10 Å². The molecule has 0 fully saturated rings. The average Bonchev–Trinajstić information content (AvgIpc) is 2.73. The Morgan fingerprint density at radius 1 is 0.931 bits per heavy atom. The number of hydrogen-bond donors (Lipinski definition) is 2. The third-order valence-corrected chi connectivity index (χ3v) is 4.49. The van der Waals surface area contributed by atoms with Crippen molar-refractivity contribution in [2.24, 2.45) is 5.92 Å². The first-order chi connectivity index (χ1) is 14.0. The Kier molecular flexibility index (Phi) is 6.39. The highest BCUT2D eigenvalue weighted by atomic mass is 16.2. The monoisotopic (exact) mass is 392 g/mol. The Labute approximate surface area is 168 Å². The average molecular weight is 392 g/mol. The second-order valence-corrected chi connectivity index (χ2v) is 7.04. The van der Waals surface area contributed by atoms with Crippen LogP contribution in [0.2, 0.25) is 0 Å². The molecule has 1 aromatic heterocycles. The number of hydrogen-bond acceptors (Lipinski definition) is 4. The van der Waals surface area contributed by atoms with E-state index in [9.17, 15) is 14.4 Å². The highest BCUT2D eigenvalue weighted by molar-refractivity contribution is 6.04. The van der Waals surface area contributed by atoms with Crippen molar-refractivity contribution in [2.75, 3.05) is 13.1 Å². The molecule has 0 saturated carbocycles. The molecule has 0 aliphatic carbocycles. The predicted molar refractivity (Wildman–Crippen MR) is 112 cm³/mol. The van der Waals surface area contributed by atoms with Crippen molar-refractivity contribution in [3.63, 3.8) is 0 Å². The first-order valence-electron chi connectivity index (χ1n) is 9.57. The van der Waals surface area contributed by atoms with E-state index in [1.807, 2.05) is 30.3 Å². The summed E-state index contributed by atoms with van der Waals surface area (Å²) >= 11 is 0. The lowest BCUT2D eigenvalue weighted by Crippen LogP contribution is -2.37. The molecular formula is C22H24N4O3. The second-order valence-electron chi connectivity index (χ2n) is 7.04. The summed E-state index contributed by atoms with van der Waals surface area (Å²) in [5.74, 6) is -0.570. The lowest BCUT2D eigenvalue weighted by molar-refractivity contribution is -0.123. The molecule has 2 amide bonds. The van der Waals surface area contributed by atoms with Crippen molar-refractivity contribution < 1.29 is 9.59 Å². The SMILES string of the molecule is CC(C)C(=O)NCCNC(=O)c1nn(Cc2ccccc2)c(=O)c2ccccc12. The topological polar surface area (TPSA) is 93.1 Å². The van der Waals surface area contributed by atoms with Crippen LogP contribution in [0.4, 0.5) is 0 Å². The zero-order valence-corrected chi connectivity index (χ0v) is 16.5. The van der Waals surface area contributed by atoms with Gasteiger partial charge in [0.25, 0.3) is 11.5 Å². The fourth-order valence-corrected chi connectivity index (χ4v) is 2.92. The van der Waals surface area contributed by atoms with Gasteiger partial charge in [0.2, 0.25) is 5.91 Å². The summed E-state index contributed by atoms with van der Waals surface area (Å²) in [6.45, 7) is 4.48. The van der Waals surface area contributed by atoms with E-state index in [0.29, 0.717) is 17.3 Å². The maximum atomic E-state index is 12.8. The van der Waals surface area contributed by atoms with Crippen LogP contribution < -0.4 is 16.2 Å². The molecule has 7 nitrogen and oxygen atoms in total. The van der Waals surface area contributed by atoms with Crippen LogP contribution in [-0.4, -0.2) is 34.7 Å². The number of fused-ring (bicyclic) bond motifs is 1. The first kappa shape index (κ1) is 20.3. The van der Waals surface area contributed by atoms with Crippen molar-refractivity contribution in [1.29, 1.82) is 0 Å². The third kappa shape index (κ3) is 4.87. The molecule has 2 aromatic carbocycles. The number of carbonyl (C=O) groups excluding carboxylic acids is 2. The second kappa shape index (κ2) is 9.14. The van der Waals surface area contributed by atoms with Crippen LogP contribution in [0.5, 0.6) is 0 Å². The van der Waals surface area contributed by atoms with E-state index in [4.69, 9.17) is 0 Å². The van der Waals surface area contributed by atoms with Crippen molar-refractivity contribution in [2.45, 2.75) is 20.4 Å². The standard InChI is InChI=1S/C22H24N4O3/c1-15(2)20(27)23-12-13-24-21(28)19-17-10-6-7-11-18(17)22(29)26(25-19)14-16-8-4-3-5-9-16/h3-11,15H,12-14H2,1-2H3,(H,23,27)(H,24,28). The molecule has 0 aliphatic heterocycles. The maximum Gasteiger partial charge on any atom is 0.274 e. The van der Waals surface area contributed by atoms with Crippen LogP contribution in [0.3, 0.4) is 0 Å². The minimum absolute atomic E-state index is 0.0702. The Balaban J connectivity index is 1.84. The van der Waals surface area contributed by atoms with Crippen LogP contribution in [0.1, 0.15) is 29.9 Å². The van der Waals surface area contributed by atoms with E-state index in [1.54, 1.807) is 38.1 Å².